The number of hydrogen-bond acceptors (Lipinski definition) is 5. The molecule has 6 N–H and O–H groups in total. The van der Waals surface area contributed by atoms with Gasteiger partial charge in [-0.1, -0.05) is 26.0 Å². The molecule has 2 aromatic heterocycles. The zero-order valence-corrected chi connectivity index (χ0v) is 16.2. The highest BCUT2D eigenvalue weighted by atomic mass is 19.1. The normalized spacial score (nSPS) is 13.3. The standard InChI is InChI=1S/C21H23FN6O/c1-12(2)21(29)27-20(25)17-10-26-18-8-7-13(11-28(17)18)15(9-23)19(24)14-5-3-4-6-16(14)22/h3-12,20,23H,24-25H2,1-2H3,(H,27,29). The summed E-state index contributed by atoms with van der Waals surface area (Å²) in [6.07, 6.45) is 3.62. The Bertz CT molecular complexity index is 1100. The number of hydrogen-bond donors (Lipinski definition) is 4. The summed E-state index contributed by atoms with van der Waals surface area (Å²) in [4.78, 5) is 16.3. The first-order valence-corrected chi connectivity index (χ1v) is 9.12. The van der Waals surface area contributed by atoms with E-state index in [1.165, 1.54) is 6.07 Å². The number of fused-ring (bicyclic) bond motifs is 1. The average molecular weight is 394 g/mol. The van der Waals surface area contributed by atoms with E-state index in [0.717, 1.165) is 6.21 Å². The second-order valence-corrected chi connectivity index (χ2v) is 6.92. The largest absolute Gasteiger partial charge is 0.398 e. The molecule has 0 saturated heterocycles. The van der Waals surface area contributed by atoms with E-state index in [-0.39, 0.29) is 23.1 Å². The Kier molecular flexibility index (Phi) is 5.74. The quantitative estimate of drug-likeness (QED) is 0.379. The van der Waals surface area contributed by atoms with Gasteiger partial charge in [0, 0.05) is 35.0 Å². The molecule has 0 aliphatic carbocycles. The Hall–Kier alpha value is -3.52. The summed E-state index contributed by atoms with van der Waals surface area (Å²) in [6.45, 7) is 3.56. The van der Waals surface area contributed by atoms with E-state index in [9.17, 15) is 9.18 Å². The summed E-state index contributed by atoms with van der Waals surface area (Å²) < 4.78 is 15.9. The summed E-state index contributed by atoms with van der Waals surface area (Å²) in [5.41, 5.74) is 14.8. The van der Waals surface area contributed by atoms with Gasteiger partial charge in [-0.05, 0) is 24.3 Å². The van der Waals surface area contributed by atoms with Crippen molar-refractivity contribution in [3.63, 3.8) is 0 Å². The maximum Gasteiger partial charge on any atom is 0.224 e. The smallest absolute Gasteiger partial charge is 0.224 e. The molecule has 1 atom stereocenters. The molecule has 0 spiro atoms. The van der Waals surface area contributed by atoms with Crippen molar-refractivity contribution in [1.29, 1.82) is 5.41 Å². The van der Waals surface area contributed by atoms with Crippen LogP contribution in [0.1, 0.15) is 36.8 Å². The molecule has 1 aromatic carbocycles. The van der Waals surface area contributed by atoms with Crippen molar-refractivity contribution < 1.29 is 9.18 Å². The molecule has 0 bridgehead atoms. The number of nitrogens with zero attached hydrogens (tertiary/aromatic N) is 2. The summed E-state index contributed by atoms with van der Waals surface area (Å²) in [6, 6.07) is 9.63. The van der Waals surface area contributed by atoms with Gasteiger partial charge in [-0.2, -0.15) is 0 Å². The highest BCUT2D eigenvalue weighted by Gasteiger charge is 2.17. The van der Waals surface area contributed by atoms with E-state index in [2.05, 4.69) is 10.3 Å². The third-order valence-electron chi connectivity index (χ3n) is 4.58. The minimum atomic E-state index is -0.758. The molecule has 3 aromatic rings. The van der Waals surface area contributed by atoms with Gasteiger partial charge in [-0.3, -0.25) is 9.20 Å². The molecule has 1 amide bonds. The minimum Gasteiger partial charge on any atom is -0.398 e. The number of pyridine rings is 1. The number of benzene rings is 1. The van der Waals surface area contributed by atoms with Crippen LogP contribution in [0.25, 0.3) is 16.9 Å². The van der Waals surface area contributed by atoms with Gasteiger partial charge in [0.25, 0.3) is 0 Å². The van der Waals surface area contributed by atoms with E-state index in [4.69, 9.17) is 16.9 Å². The van der Waals surface area contributed by atoms with Crippen LogP contribution < -0.4 is 16.8 Å². The molecule has 150 valence electrons. The van der Waals surface area contributed by atoms with Crippen LogP contribution in [0.2, 0.25) is 0 Å². The maximum atomic E-state index is 14.2. The van der Waals surface area contributed by atoms with E-state index < -0.39 is 12.0 Å². The van der Waals surface area contributed by atoms with Crippen LogP contribution in [0.15, 0.2) is 48.8 Å². The first-order valence-electron chi connectivity index (χ1n) is 9.12. The van der Waals surface area contributed by atoms with Crippen LogP contribution in [0.5, 0.6) is 0 Å². The minimum absolute atomic E-state index is 0.150. The van der Waals surface area contributed by atoms with Crippen LogP contribution in [0.3, 0.4) is 0 Å². The molecular weight excluding hydrogens is 371 g/mol. The van der Waals surface area contributed by atoms with Gasteiger partial charge < -0.3 is 22.2 Å². The number of carbonyl (C=O) groups excluding carboxylic acids is 1. The van der Waals surface area contributed by atoms with Crippen molar-refractivity contribution in [2.75, 3.05) is 0 Å². The lowest BCUT2D eigenvalue weighted by Crippen LogP contribution is -2.37. The molecule has 2 heterocycles. The molecule has 7 nitrogen and oxygen atoms in total. The summed E-state index contributed by atoms with van der Waals surface area (Å²) in [7, 11) is 0. The third kappa shape index (κ3) is 4.02. The van der Waals surface area contributed by atoms with Crippen molar-refractivity contribution in [3.05, 3.63) is 71.4 Å². The van der Waals surface area contributed by atoms with Gasteiger partial charge >= 0.3 is 0 Å². The van der Waals surface area contributed by atoms with Crippen LogP contribution in [-0.2, 0) is 4.79 Å². The van der Waals surface area contributed by atoms with Crippen LogP contribution in [0.4, 0.5) is 4.39 Å². The van der Waals surface area contributed by atoms with Crippen molar-refractivity contribution in [3.8, 4) is 0 Å². The van der Waals surface area contributed by atoms with E-state index in [0.29, 0.717) is 22.5 Å². The fraction of sp³-hybridized carbons (Fsp3) is 0.190. The number of halogens is 1. The zero-order valence-electron chi connectivity index (χ0n) is 16.2. The Morgan fingerprint density at radius 3 is 2.66 bits per heavy atom. The number of aromatic nitrogens is 2. The SMILES string of the molecule is CC(C)C(=O)NC(N)c1cnc2ccc(C(C=N)=C(N)c3ccccc3F)cn12. The highest BCUT2D eigenvalue weighted by Crippen LogP contribution is 2.24. The number of allylic oxidation sites excluding steroid dienone is 1. The summed E-state index contributed by atoms with van der Waals surface area (Å²) in [5.74, 6) is -0.844. The molecule has 0 aliphatic heterocycles. The topological polar surface area (TPSA) is 122 Å². The van der Waals surface area contributed by atoms with Crippen LogP contribution in [0, 0.1) is 17.1 Å². The molecule has 0 radical (unpaired) electrons. The molecular formula is C21H23FN6O. The summed E-state index contributed by atoms with van der Waals surface area (Å²) >= 11 is 0. The van der Waals surface area contributed by atoms with Crippen molar-refractivity contribution in [2.45, 2.75) is 20.0 Å². The van der Waals surface area contributed by atoms with E-state index in [1.807, 2.05) is 0 Å². The fourth-order valence-corrected chi connectivity index (χ4v) is 2.92. The lowest BCUT2D eigenvalue weighted by Gasteiger charge is -2.16. The summed E-state index contributed by atoms with van der Waals surface area (Å²) in [5, 5.41) is 10.5. The number of carbonyl (C=O) groups is 1. The molecule has 0 saturated carbocycles. The molecule has 3 rings (SSSR count). The number of imidazole rings is 1. The number of nitrogens with one attached hydrogen (secondary N) is 2. The van der Waals surface area contributed by atoms with Gasteiger partial charge in [0.15, 0.2) is 0 Å². The first kappa shape index (κ1) is 20.2. The molecule has 0 aliphatic rings. The fourth-order valence-electron chi connectivity index (χ4n) is 2.92. The van der Waals surface area contributed by atoms with Crippen LogP contribution >= 0.6 is 0 Å². The number of amides is 1. The molecule has 0 fully saturated rings. The van der Waals surface area contributed by atoms with E-state index >= 15 is 0 Å². The van der Waals surface area contributed by atoms with Crippen molar-refractivity contribution >= 4 is 29.0 Å². The van der Waals surface area contributed by atoms with Gasteiger partial charge in [0.1, 0.15) is 17.6 Å². The average Bonchev–Trinajstić information content (AvgIpc) is 3.12. The Balaban J connectivity index is 2.06. The Morgan fingerprint density at radius 2 is 2.00 bits per heavy atom. The second-order valence-electron chi connectivity index (χ2n) is 6.92. The highest BCUT2D eigenvalue weighted by molar-refractivity contribution is 6.17. The van der Waals surface area contributed by atoms with Gasteiger partial charge in [-0.15, -0.1) is 0 Å². The second kappa shape index (κ2) is 8.24. The molecule has 1 unspecified atom stereocenters. The van der Waals surface area contributed by atoms with E-state index in [1.54, 1.807) is 61.0 Å². The Morgan fingerprint density at radius 1 is 1.28 bits per heavy atom. The monoisotopic (exact) mass is 394 g/mol. The lowest BCUT2D eigenvalue weighted by molar-refractivity contribution is -0.124. The lowest BCUT2D eigenvalue weighted by atomic mass is 10.0. The third-order valence-corrected chi connectivity index (χ3v) is 4.58. The van der Waals surface area contributed by atoms with Crippen molar-refractivity contribution in [1.82, 2.24) is 14.7 Å². The Labute approximate surface area is 167 Å². The van der Waals surface area contributed by atoms with Crippen LogP contribution in [-0.4, -0.2) is 21.5 Å². The maximum absolute atomic E-state index is 14.2. The molecule has 29 heavy (non-hydrogen) atoms. The van der Waals surface area contributed by atoms with Gasteiger partial charge in [0.2, 0.25) is 5.91 Å². The van der Waals surface area contributed by atoms with Gasteiger partial charge in [0.05, 0.1) is 17.6 Å². The number of nitrogens with two attached hydrogens (primary N) is 2. The predicted molar refractivity (Wildman–Crippen MR) is 111 cm³/mol. The van der Waals surface area contributed by atoms with Crippen molar-refractivity contribution in [2.24, 2.45) is 17.4 Å². The molecule has 8 heteroatoms. The zero-order chi connectivity index (χ0) is 21.1. The van der Waals surface area contributed by atoms with Gasteiger partial charge in [-0.25, -0.2) is 9.37 Å². The predicted octanol–water partition coefficient (Wildman–Crippen LogP) is 2.68. The number of rotatable bonds is 6. The first-order chi connectivity index (χ1) is 13.8.